The van der Waals surface area contributed by atoms with Gasteiger partial charge < -0.3 is 5.73 Å². The Labute approximate surface area is 122 Å². The molecule has 5 nitrogen and oxygen atoms in total. The molecule has 0 aliphatic rings. The molecule has 0 spiro atoms. The Morgan fingerprint density at radius 3 is 2.60 bits per heavy atom. The van der Waals surface area contributed by atoms with E-state index in [4.69, 9.17) is 17.3 Å². The van der Waals surface area contributed by atoms with Gasteiger partial charge in [0, 0.05) is 17.3 Å². The van der Waals surface area contributed by atoms with Gasteiger partial charge in [0.05, 0.1) is 5.69 Å². The van der Waals surface area contributed by atoms with Gasteiger partial charge in [-0.15, -0.1) is 0 Å². The van der Waals surface area contributed by atoms with Crippen molar-refractivity contribution in [3.05, 3.63) is 53.2 Å². The summed E-state index contributed by atoms with van der Waals surface area (Å²) in [5, 5.41) is 0.315. The molecule has 20 heavy (non-hydrogen) atoms. The minimum absolute atomic E-state index is 0.103. The van der Waals surface area contributed by atoms with Crippen LogP contribution in [-0.2, 0) is 10.0 Å². The predicted molar refractivity (Wildman–Crippen MR) is 78.8 cm³/mol. The number of anilines is 1. The average Bonchev–Trinajstić information content (AvgIpc) is 2.38. The van der Waals surface area contributed by atoms with E-state index in [1.54, 1.807) is 37.3 Å². The van der Waals surface area contributed by atoms with Gasteiger partial charge in [-0.05, 0) is 30.7 Å². The van der Waals surface area contributed by atoms with Gasteiger partial charge in [-0.25, -0.2) is 18.1 Å². The molecule has 7 heteroatoms. The highest BCUT2D eigenvalue weighted by Crippen LogP contribution is 2.24. The van der Waals surface area contributed by atoms with Gasteiger partial charge in [-0.2, -0.15) is 0 Å². The molecule has 0 saturated carbocycles. The zero-order valence-electron chi connectivity index (χ0n) is 10.7. The number of pyridine rings is 1. The van der Waals surface area contributed by atoms with E-state index in [1.807, 2.05) is 0 Å². The highest BCUT2D eigenvalue weighted by Gasteiger charge is 2.22. The molecule has 2 rings (SSSR count). The summed E-state index contributed by atoms with van der Waals surface area (Å²) in [6.45, 7) is 1.71. The Morgan fingerprint density at radius 1 is 1.25 bits per heavy atom. The number of hydrogen-bond acceptors (Lipinski definition) is 4. The molecule has 0 aliphatic carbocycles. The molecule has 0 bridgehead atoms. The van der Waals surface area contributed by atoms with Crippen molar-refractivity contribution in [1.29, 1.82) is 0 Å². The van der Waals surface area contributed by atoms with E-state index < -0.39 is 16.1 Å². The summed E-state index contributed by atoms with van der Waals surface area (Å²) in [6.07, 6.45) is 1.38. The molecule has 0 saturated heterocycles. The molecule has 1 aromatic carbocycles. The molecule has 1 unspecified atom stereocenters. The SMILES string of the molecule is CC(NS(=O)(=O)c1ncccc1N)c1ccccc1Cl. The number of benzene rings is 1. The summed E-state index contributed by atoms with van der Waals surface area (Å²) < 4.78 is 27.0. The second-order valence-corrected chi connectivity index (χ2v) is 6.30. The highest BCUT2D eigenvalue weighted by atomic mass is 35.5. The highest BCUT2D eigenvalue weighted by molar-refractivity contribution is 7.89. The van der Waals surface area contributed by atoms with Crippen molar-refractivity contribution >= 4 is 27.3 Å². The third-order valence-electron chi connectivity index (χ3n) is 2.76. The molecule has 3 N–H and O–H groups in total. The van der Waals surface area contributed by atoms with E-state index in [9.17, 15) is 8.42 Å². The Morgan fingerprint density at radius 2 is 1.95 bits per heavy atom. The topological polar surface area (TPSA) is 85.1 Å². The first-order chi connectivity index (χ1) is 9.42. The number of rotatable bonds is 4. The van der Waals surface area contributed by atoms with Crippen molar-refractivity contribution in [2.24, 2.45) is 0 Å². The molecule has 1 aromatic heterocycles. The van der Waals surface area contributed by atoms with Crippen LogP contribution in [0, 0.1) is 0 Å². The van der Waals surface area contributed by atoms with Crippen LogP contribution in [0.2, 0.25) is 5.02 Å². The van der Waals surface area contributed by atoms with E-state index in [-0.39, 0.29) is 10.7 Å². The number of halogens is 1. The largest absolute Gasteiger partial charge is 0.396 e. The summed E-state index contributed by atoms with van der Waals surface area (Å²) in [6, 6.07) is 9.61. The lowest BCUT2D eigenvalue weighted by atomic mass is 10.1. The van der Waals surface area contributed by atoms with Crippen molar-refractivity contribution in [2.45, 2.75) is 18.0 Å². The van der Waals surface area contributed by atoms with Crippen molar-refractivity contribution in [3.63, 3.8) is 0 Å². The van der Waals surface area contributed by atoms with Crippen LogP contribution in [0.1, 0.15) is 18.5 Å². The second-order valence-electron chi connectivity index (χ2n) is 4.26. The van der Waals surface area contributed by atoms with E-state index in [2.05, 4.69) is 9.71 Å². The molecule has 1 heterocycles. The van der Waals surface area contributed by atoms with Crippen LogP contribution in [0.3, 0.4) is 0 Å². The lowest BCUT2D eigenvalue weighted by molar-refractivity contribution is 0.564. The lowest BCUT2D eigenvalue weighted by Crippen LogP contribution is -2.28. The van der Waals surface area contributed by atoms with Crippen LogP contribution in [-0.4, -0.2) is 13.4 Å². The Bertz CT molecular complexity index is 719. The summed E-state index contributed by atoms with van der Waals surface area (Å²) in [5.41, 5.74) is 6.43. The van der Waals surface area contributed by atoms with Crippen LogP contribution < -0.4 is 10.5 Å². The smallest absolute Gasteiger partial charge is 0.260 e. The summed E-state index contributed by atoms with van der Waals surface area (Å²) in [4.78, 5) is 3.81. The first-order valence-electron chi connectivity index (χ1n) is 5.89. The van der Waals surface area contributed by atoms with Crippen LogP contribution in [0.5, 0.6) is 0 Å². The number of sulfonamides is 1. The maximum Gasteiger partial charge on any atom is 0.260 e. The molecule has 0 radical (unpaired) electrons. The summed E-state index contributed by atoms with van der Waals surface area (Å²) >= 11 is 6.05. The van der Waals surface area contributed by atoms with Gasteiger partial charge in [0.25, 0.3) is 10.0 Å². The molecule has 0 aliphatic heterocycles. The third kappa shape index (κ3) is 3.09. The van der Waals surface area contributed by atoms with Gasteiger partial charge in [-0.3, -0.25) is 0 Å². The van der Waals surface area contributed by atoms with Crippen LogP contribution in [0.25, 0.3) is 0 Å². The predicted octanol–water partition coefficient (Wildman–Crippen LogP) is 2.36. The van der Waals surface area contributed by atoms with Crippen molar-refractivity contribution in [1.82, 2.24) is 9.71 Å². The number of nitrogen functional groups attached to an aromatic ring is 1. The number of nitrogens with two attached hydrogens (primary N) is 1. The number of hydrogen-bond donors (Lipinski definition) is 2. The van der Waals surface area contributed by atoms with E-state index >= 15 is 0 Å². The van der Waals surface area contributed by atoms with Crippen LogP contribution >= 0.6 is 11.6 Å². The zero-order valence-corrected chi connectivity index (χ0v) is 12.3. The normalized spacial score (nSPS) is 13.1. The van der Waals surface area contributed by atoms with Crippen molar-refractivity contribution in [3.8, 4) is 0 Å². The molecule has 0 amide bonds. The fourth-order valence-electron chi connectivity index (χ4n) is 1.81. The molecule has 2 aromatic rings. The Balaban J connectivity index is 2.30. The molecule has 0 fully saturated rings. The van der Waals surface area contributed by atoms with Crippen LogP contribution in [0.15, 0.2) is 47.6 Å². The van der Waals surface area contributed by atoms with Crippen LogP contribution in [0.4, 0.5) is 5.69 Å². The van der Waals surface area contributed by atoms with Gasteiger partial charge in [0.15, 0.2) is 5.03 Å². The maximum absolute atomic E-state index is 12.3. The third-order valence-corrected chi connectivity index (χ3v) is 4.62. The fraction of sp³-hybridized carbons (Fsp3) is 0.154. The minimum Gasteiger partial charge on any atom is -0.396 e. The van der Waals surface area contributed by atoms with Gasteiger partial charge in [-0.1, -0.05) is 29.8 Å². The average molecular weight is 312 g/mol. The molecule has 106 valence electrons. The van der Waals surface area contributed by atoms with Crippen molar-refractivity contribution in [2.75, 3.05) is 5.73 Å². The second kappa shape index (κ2) is 5.78. The fourth-order valence-corrected chi connectivity index (χ4v) is 3.39. The quantitative estimate of drug-likeness (QED) is 0.907. The van der Waals surface area contributed by atoms with E-state index in [0.29, 0.717) is 10.6 Å². The number of nitrogens with one attached hydrogen (secondary N) is 1. The van der Waals surface area contributed by atoms with Gasteiger partial charge >= 0.3 is 0 Å². The number of aromatic nitrogens is 1. The molecule has 1 atom stereocenters. The zero-order chi connectivity index (χ0) is 14.8. The summed E-state index contributed by atoms with van der Waals surface area (Å²) in [7, 11) is -3.80. The maximum atomic E-state index is 12.3. The monoisotopic (exact) mass is 311 g/mol. The Hall–Kier alpha value is -1.63. The molecular weight excluding hydrogens is 298 g/mol. The minimum atomic E-state index is -3.80. The first-order valence-corrected chi connectivity index (χ1v) is 7.75. The molecular formula is C13H14ClN3O2S. The van der Waals surface area contributed by atoms with Gasteiger partial charge in [0.2, 0.25) is 0 Å². The van der Waals surface area contributed by atoms with Crippen molar-refractivity contribution < 1.29 is 8.42 Å². The van der Waals surface area contributed by atoms with Gasteiger partial charge in [0.1, 0.15) is 0 Å². The first kappa shape index (κ1) is 14.8. The van der Waals surface area contributed by atoms with E-state index in [0.717, 1.165) is 0 Å². The summed E-state index contributed by atoms with van der Waals surface area (Å²) in [5.74, 6) is 0. The number of nitrogens with zero attached hydrogens (tertiary/aromatic N) is 1. The van der Waals surface area contributed by atoms with E-state index in [1.165, 1.54) is 12.3 Å². The lowest BCUT2D eigenvalue weighted by Gasteiger charge is -2.16. The Kier molecular flexibility index (Phi) is 4.27. The standard InChI is InChI=1S/C13H14ClN3O2S/c1-9(10-5-2-3-6-11(10)14)17-20(18,19)13-12(15)7-4-8-16-13/h2-9,17H,15H2,1H3.